The van der Waals surface area contributed by atoms with Crippen LogP contribution in [-0.4, -0.2) is 43.9 Å². The number of methoxy groups -OCH3 is 1. The molecule has 2 fully saturated rings. The van der Waals surface area contributed by atoms with Crippen LogP contribution in [0.3, 0.4) is 0 Å². The average Bonchev–Trinajstić information content (AvgIpc) is 2.82. The summed E-state index contributed by atoms with van der Waals surface area (Å²) in [5, 5.41) is 0. The summed E-state index contributed by atoms with van der Waals surface area (Å²) in [5.41, 5.74) is 2.95. The molecule has 0 amide bonds. The summed E-state index contributed by atoms with van der Waals surface area (Å²) in [4.78, 5) is 2.51. The summed E-state index contributed by atoms with van der Waals surface area (Å²) >= 11 is 0. The van der Waals surface area contributed by atoms with E-state index in [0.29, 0.717) is 5.92 Å². The fraction of sp³-hybridized carbons (Fsp3) is 0.647. The van der Waals surface area contributed by atoms with Gasteiger partial charge in [0.2, 0.25) is 0 Å². The van der Waals surface area contributed by atoms with Gasteiger partial charge in [0.1, 0.15) is 0 Å². The van der Waals surface area contributed by atoms with Gasteiger partial charge in [0, 0.05) is 40.0 Å². The fourth-order valence-corrected chi connectivity index (χ4v) is 3.65. The van der Waals surface area contributed by atoms with Crippen LogP contribution in [0.2, 0.25) is 0 Å². The molecule has 0 radical (unpaired) electrons. The van der Waals surface area contributed by atoms with Gasteiger partial charge in [0.05, 0.1) is 5.60 Å². The zero-order valence-electron chi connectivity index (χ0n) is 12.6. The van der Waals surface area contributed by atoms with Gasteiger partial charge >= 0.3 is 0 Å². The number of ether oxygens (including phenoxy) is 2. The van der Waals surface area contributed by atoms with E-state index in [1.807, 2.05) is 0 Å². The lowest BCUT2D eigenvalue weighted by molar-refractivity contribution is -0.138. The molecule has 0 aliphatic carbocycles. The van der Waals surface area contributed by atoms with Crippen LogP contribution in [0.25, 0.3) is 0 Å². The van der Waals surface area contributed by atoms with Crippen molar-refractivity contribution in [3.63, 3.8) is 0 Å². The van der Waals surface area contributed by atoms with Crippen LogP contribution in [-0.2, 0) is 16.0 Å². The SMILES string of the molecule is COCC[C@H]1CCOC12CN(Cc1ccccc1C)C2. The lowest BCUT2D eigenvalue weighted by atomic mass is 9.79. The van der Waals surface area contributed by atoms with Crippen molar-refractivity contribution in [2.24, 2.45) is 5.92 Å². The Bertz CT molecular complexity index is 454. The maximum atomic E-state index is 6.09. The number of hydrogen-bond acceptors (Lipinski definition) is 3. The minimum Gasteiger partial charge on any atom is -0.385 e. The Kier molecular flexibility index (Phi) is 4.11. The molecule has 3 rings (SSSR count). The summed E-state index contributed by atoms with van der Waals surface area (Å²) in [6.45, 7) is 7.18. The molecule has 0 aromatic heterocycles. The zero-order valence-corrected chi connectivity index (χ0v) is 12.6. The first-order valence-corrected chi connectivity index (χ1v) is 7.63. The molecule has 1 aromatic carbocycles. The Labute approximate surface area is 121 Å². The third-order valence-corrected chi connectivity index (χ3v) is 4.91. The van der Waals surface area contributed by atoms with Crippen molar-refractivity contribution in [2.45, 2.75) is 31.9 Å². The monoisotopic (exact) mass is 275 g/mol. The van der Waals surface area contributed by atoms with Crippen molar-refractivity contribution in [1.29, 1.82) is 0 Å². The second kappa shape index (κ2) is 5.84. The minimum absolute atomic E-state index is 0.126. The van der Waals surface area contributed by atoms with E-state index in [-0.39, 0.29) is 5.60 Å². The molecule has 0 N–H and O–H groups in total. The highest BCUT2D eigenvalue weighted by atomic mass is 16.5. The van der Waals surface area contributed by atoms with Crippen LogP contribution in [0.5, 0.6) is 0 Å². The fourth-order valence-electron chi connectivity index (χ4n) is 3.65. The smallest absolute Gasteiger partial charge is 0.0964 e. The Hall–Kier alpha value is -0.900. The molecule has 0 unspecified atom stereocenters. The second-order valence-corrected chi connectivity index (χ2v) is 6.25. The van der Waals surface area contributed by atoms with Gasteiger partial charge in [-0.25, -0.2) is 0 Å². The molecular formula is C17H25NO2. The van der Waals surface area contributed by atoms with Gasteiger partial charge in [-0.1, -0.05) is 24.3 Å². The quantitative estimate of drug-likeness (QED) is 0.824. The molecule has 1 aromatic rings. The van der Waals surface area contributed by atoms with E-state index in [1.54, 1.807) is 7.11 Å². The predicted molar refractivity (Wildman–Crippen MR) is 79.7 cm³/mol. The standard InChI is InChI=1S/C17H25NO2/c1-14-5-3-4-6-15(14)11-18-12-17(13-18)16(7-9-19-2)8-10-20-17/h3-6,16H,7-13H2,1-2H3/t16-/m0/s1. The Morgan fingerprint density at radius 1 is 1.35 bits per heavy atom. The van der Waals surface area contributed by atoms with Crippen LogP contribution < -0.4 is 0 Å². The number of hydrogen-bond donors (Lipinski definition) is 0. The highest BCUT2D eigenvalue weighted by molar-refractivity contribution is 5.26. The van der Waals surface area contributed by atoms with Gasteiger partial charge in [-0.05, 0) is 36.8 Å². The summed E-state index contributed by atoms with van der Waals surface area (Å²) in [6, 6.07) is 8.67. The number of rotatable bonds is 5. The molecular weight excluding hydrogens is 250 g/mol. The molecule has 3 nitrogen and oxygen atoms in total. The molecule has 2 aliphatic rings. The van der Waals surface area contributed by atoms with Crippen molar-refractivity contribution >= 4 is 0 Å². The third-order valence-electron chi connectivity index (χ3n) is 4.91. The van der Waals surface area contributed by atoms with Crippen molar-refractivity contribution in [1.82, 2.24) is 4.90 Å². The highest BCUT2D eigenvalue weighted by Crippen LogP contribution is 2.42. The first-order chi connectivity index (χ1) is 9.73. The van der Waals surface area contributed by atoms with E-state index in [4.69, 9.17) is 9.47 Å². The van der Waals surface area contributed by atoms with Gasteiger partial charge in [0.15, 0.2) is 0 Å². The minimum atomic E-state index is 0.126. The molecule has 1 spiro atoms. The van der Waals surface area contributed by atoms with Gasteiger partial charge in [-0.2, -0.15) is 0 Å². The van der Waals surface area contributed by atoms with Crippen molar-refractivity contribution in [2.75, 3.05) is 33.4 Å². The maximum absolute atomic E-state index is 6.09. The summed E-state index contributed by atoms with van der Waals surface area (Å²) in [6.07, 6.45) is 2.33. The van der Waals surface area contributed by atoms with Crippen molar-refractivity contribution in [3.05, 3.63) is 35.4 Å². The largest absolute Gasteiger partial charge is 0.385 e. The van der Waals surface area contributed by atoms with Gasteiger partial charge < -0.3 is 9.47 Å². The summed E-state index contributed by atoms with van der Waals surface area (Å²) in [7, 11) is 1.79. The van der Waals surface area contributed by atoms with E-state index in [2.05, 4.69) is 36.1 Å². The van der Waals surface area contributed by atoms with E-state index in [0.717, 1.165) is 39.3 Å². The average molecular weight is 275 g/mol. The van der Waals surface area contributed by atoms with Crippen LogP contribution >= 0.6 is 0 Å². The Balaban J connectivity index is 1.56. The predicted octanol–water partition coefficient (Wildman–Crippen LogP) is 2.62. The summed E-state index contributed by atoms with van der Waals surface area (Å²) in [5.74, 6) is 0.676. The lowest BCUT2D eigenvalue weighted by Crippen LogP contribution is -2.64. The Morgan fingerprint density at radius 3 is 2.90 bits per heavy atom. The Morgan fingerprint density at radius 2 is 2.15 bits per heavy atom. The van der Waals surface area contributed by atoms with Crippen molar-refractivity contribution in [3.8, 4) is 0 Å². The molecule has 2 aliphatic heterocycles. The number of benzene rings is 1. The van der Waals surface area contributed by atoms with Crippen LogP contribution in [0.1, 0.15) is 24.0 Å². The first kappa shape index (κ1) is 14.1. The maximum Gasteiger partial charge on any atom is 0.0964 e. The molecule has 0 bridgehead atoms. The van der Waals surface area contributed by atoms with Crippen LogP contribution in [0, 0.1) is 12.8 Å². The molecule has 0 saturated carbocycles. The van der Waals surface area contributed by atoms with Gasteiger partial charge in [0.25, 0.3) is 0 Å². The van der Waals surface area contributed by atoms with Gasteiger partial charge in [-0.3, -0.25) is 4.90 Å². The van der Waals surface area contributed by atoms with E-state index < -0.39 is 0 Å². The van der Waals surface area contributed by atoms with E-state index in [9.17, 15) is 0 Å². The first-order valence-electron chi connectivity index (χ1n) is 7.63. The molecule has 2 saturated heterocycles. The van der Waals surface area contributed by atoms with E-state index >= 15 is 0 Å². The lowest BCUT2D eigenvalue weighted by Gasteiger charge is -2.50. The summed E-state index contributed by atoms with van der Waals surface area (Å²) < 4.78 is 11.3. The molecule has 3 heteroatoms. The number of nitrogens with zero attached hydrogens (tertiary/aromatic N) is 1. The molecule has 1 atom stereocenters. The zero-order chi connectivity index (χ0) is 14.0. The van der Waals surface area contributed by atoms with Gasteiger partial charge in [-0.15, -0.1) is 0 Å². The van der Waals surface area contributed by atoms with Crippen LogP contribution in [0.15, 0.2) is 24.3 Å². The number of likely N-dealkylation sites (tertiary alicyclic amines) is 1. The highest BCUT2D eigenvalue weighted by Gasteiger charge is 2.52. The normalized spacial score (nSPS) is 25.0. The van der Waals surface area contributed by atoms with Crippen molar-refractivity contribution < 1.29 is 9.47 Å². The van der Waals surface area contributed by atoms with E-state index in [1.165, 1.54) is 17.5 Å². The molecule has 110 valence electrons. The third kappa shape index (κ3) is 2.62. The molecule has 20 heavy (non-hydrogen) atoms. The number of aryl methyl sites for hydroxylation is 1. The van der Waals surface area contributed by atoms with Crippen LogP contribution in [0.4, 0.5) is 0 Å². The molecule has 2 heterocycles. The topological polar surface area (TPSA) is 21.7 Å². The second-order valence-electron chi connectivity index (χ2n) is 6.25.